The number of anilines is 1. The first-order valence-electron chi connectivity index (χ1n) is 9.06. The predicted molar refractivity (Wildman–Crippen MR) is 110 cm³/mol. The Morgan fingerprint density at radius 2 is 1.69 bits per heavy atom. The van der Waals surface area contributed by atoms with Gasteiger partial charge in [-0.05, 0) is 49.7 Å². The van der Waals surface area contributed by atoms with Crippen LogP contribution in [0, 0.1) is 0 Å². The second-order valence-corrected chi connectivity index (χ2v) is 8.02. The molecule has 2 rings (SSSR count). The van der Waals surface area contributed by atoms with Gasteiger partial charge in [0.2, 0.25) is 10.0 Å². The van der Waals surface area contributed by atoms with E-state index in [1.165, 1.54) is 38.5 Å². The highest BCUT2D eigenvalue weighted by Crippen LogP contribution is 2.28. The van der Waals surface area contributed by atoms with E-state index >= 15 is 0 Å². The third-order valence-corrected chi connectivity index (χ3v) is 5.76. The molecule has 0 bridgehead atoms. The molecule has 2 N–H and O–H groups in total. The van der Waals surface area contributed by atoms with Crippen molar-refractivity contribution in [1.82, 2.24) is 4.72 Å². The van der Waals surface area contributed by atoms with Crippen LogP contribution in [0.5, 0.6) is 17.2 Å². The average molecular weight is 423 g/mol. The molecule has 0 spiro atoms. The maximum absolute atomic E-state index is 12.3. The van der Waals surface area contributed by atoms with Crippen LogP contribution >= 0.6 is 0 Å². The molecule has 1 amide bonds. The summed E-state index contributed by atoms with van der Waals surface area (Å²) in [6.45, 7) is 3.44. The predicted octanol–water partition coefficient (Wildman–Crippen LogP) is 2.80. The van der Waals surface area contributed by atoms with E-state index in [1.54, 1.807) is 25.1 Å². The summed E-state index contributed by atoms with van der Waals surface area (Å²) in [5.74, 6) is 1.04. The van der Waals surface area contributed by atoms with Crippen LogP contribution in [0.1, 0.15) is 20.3 Å². The minimum absolute atomic E-state index is 0.135. The molecule has 0 unspecified atom stereocenters. The third kappa shape index (κ3) is 6.37. The molecule has 158 valence electrons. The minimum atomic E-state index is -3.59. The van der Waals surface area contributed by atoms with Crippen molar-refractivity contribution in [3.8, 4) is 17.2 Å². The van der Waals surface area contributed by atoms with Crippen LogP contribution in [0.15, 0.2) is 47.4 Å². The van der Waals surface area contributed by atoms with Crippen molar-refractivity contribution in [2.24, 2.45) is 0 Å². The summed E-state index contributed by atoms with van der Waals surface area (Å²) in [6.07, 6.45) is 0.688. The number of benzene rings is 2. The first-order chi connectivity index (χ1) is 13.8. The highest BCUT2D eigenvalue weighted by Gasteiger charge is 2.16. The van der Waals surface area contributed by atoms with Crippen molar-refractivity contribution < 1.29 is 27.4 Å². The van der Waals surface area contributed by atoms with Gasteiger partial charge in [0.1, 0.15) is 17.2 Å². The molecular weight excluding hydrogens is 396 g/mol. The summed E-state index contributed by atoms with van der Waals surface area (Å²) in [6, 6.07) is 10.8. The number of carbonyl (C=O) groups excluding carboxylic acids is 1. The van der Waals surface area contributed by atoms with Gasteiger partial charge in [0, 0.05) is 12.1 Å². The molecule has 0 saturated heterocycles. The fourth-order valence-corrected chi connectivity index (χ4v) is 3.71. The molecule has 29 heavy (non-hydrogen) atoms. The van der Waals surface area contributed by atoms with Crippen molar-refractivity contribution in [3.05, 3.63) is 42.5 Å². The molecule has 0 aliphatic carbocycles. The maximum Gasteiger partial charge on any atom is 0.262 e. The normalized spacial score (nSPS) is 12.1. The monoisotopic (exact) mass is 422 g/mol. The quantitative estimate of drug-likeness (QED) is 0.610. The van der Waals surface area contributed by atoms with Crippen molar-refractivity contribution in [2.75, 3.05) is 26.1 Å². The summed E-state index contributed by atoms with van der Waals surface area (Å²) in [5, 5.41) is 2.70. The van der Waals surface area contributed by atoms with E-state index in [0.29, 0.717) is 29.4 Å². The number of hydrogen-bond acceptors (Lipinski definition) is 6. The summed E-state index contributed by atoms with van der Waals surface area (Å²) < 4.78 is 42.9. The Balaban J connectivity index is 1.97. The van der Waals surface area contributed by atoms with Gasteiger partial charge in [-0.3, -0.25) is 4.79 Å². The summed E-state index contributed by atoms with van der Waals surface area (Å²) >= 11 is 0. The molecule has 1 atom stereocenters. The second-order valence-electron chi connectivity index (χ2n) is 6.31. The number of amides is 1. The Morgan fingerprint density at radius 1 is 1.03 bits per heavy atom. The van der Waals surface area contributed by atoms with E-state index in [1.807, 2.05) is 6.92 Å². The lowest BCUT2D eigenvalue weighted by Gasteiger charge is -2.13. The average Bonchev–Trinajstić information content (AvgIpc) is 2.72. The van der Waals surface area contributed by atoms with Crippen molar-refractivity contribution >= 4 is 21.6 Å². The third-order valence-electron chi connectivity index (χ3n) is 4.15. The van der Waals surface area contributed by atoms with Gasteiger partial charge in [0.15, 0.2) is 6.61 Å². The summed E-state index contributed by atoms with van der Waals surface area (Å²) in [5.41, 5.74) is 0.456. The molecule has 0 aliphatic heterocycles. The van der Waals surface area contributed by atoms with E-state index in [4.69, 9.17) is 14.2 Å². The van der Waals surface area contributed by atoms with Crippen LogP contribution in [0.2, 0.25) is 0 Å². The van der Waals surface area contributed by atoms with Gasteiger partial charge < -0.3 is 19.5 Å². The maximum atomic E-state index is 12.3. The van der Waals surface area contributed by atoms with Crippen molar-refractivity contribution in [2.45, 2.75) is 31.2 Å². The van der Waals surface area contributed by atoms with Crippen LogP contribution in [0.25, 0.3) is 0 Å². The largest absolute Gasteiger partial charge is 0.497 e. The number of nitrogens with one attached hydrogen (secondary N) is 2. The smallest absolute Gasteiger partial charge is 0.262 e. The number of carbonyl (C=O) groups is 1. The zero-order chi connectivity index (χ0) is 21.4. The SMILES string of the molecule is CC[C@@H](C)NS(=O)(=O)c1ccc(OCC(=O)Nc2cc(OC)ccc2OC)cc1. The highest BCUT2D eigenvalue weighted by molar-refractivity contribution is 7.89. The first-order valence-corrected chi connectivity index (χ1v) is 10.5. The Kier molecular flexibility index (Phi) is 7.86. The van der Waals surface area contributed by atoms with E-state index < -0.39 is 15.9 Å². The topological polar surface area (TPSA) is 103 Å². The fraction of sp³-hybridized carbons (Fsp3) is 0.350. The fourth-order valence-electron chi connectivity index (χ4n) is 2.38. The summed E-state index contributed by atoms with van der Waals surface area (Å²) in [4.78, 5) is 12.3. The standard InChI is InChI=1S/C20H26N2O6S/c1-5-14(2)22-29(24,25)17-9-6-15(7-10-17)28-13-20(23)21-18-12-16(26-3)8-11-19(18)27-4/h6-12,14,22H,5,13H2,1-4H3,(H,21,23)/t14-/m1/s1. The van der Waals surface area contributed by atoms with Crippen molar-refractivity contribution in [1.29, 1.82) is 0 Å². The summed E-state index contributed by atoms with van der Waals surface area (Å²) in [7, 11) is -0.559. The molecule has 2 aromatic rings. The first kappa shape index (κ1) is 22.5. The zero-order valence-electron chi connectivity index (χ0n) is 16.9. The molecule has 0 fully saturated rings. The van der Waals surface area contributed by atoms with Crippen LogP contribution < -0.4 is 24.2 Å². The van der Waals surface area contributed by atoms with Crippen LogP contribution in [-0.4, -0.2) is 41.2 Å². The van der Waals surface area contributed by atoms with Gasteiger partial charge in [0.25, 0.3) is 5.91 Å². The van der Waals surface area contributed by atoms with Gasteiger partial charge in [-0.25, -0.2) is 13.1 Å². The van der Waals surface area contributed by atoms with E-state index in [0.717, 1.165) is 0 Å². The molecular formula is C20H26N2O6S. The number of methoxy groups -OCH3 is 2. The molecule has 0 heterocycles. The lowest BCUT2D eigenvalue weighted by molar-refractivity contribution is -0.118. The number of ether oxygens (including phenoxy) is 3. The number of rotatable bonds is 10. The van der Waals surface area contributed by atoms with Gasteiger partial charge in [0.05, 0.1) is 24.8 Å². The molecule has 0 saturated carbocycles. The van der Waals surface area contributed by atoms with Crippen LogP contribution in [0.3, 0.4) is 0 Å². The Bertz CT molecular complexity index is 928. The number of sulfonamides is 1. The van der Waals surface area contributed by atoms with Crippen LogP contribution in [-0.2, 0) is 14.8 Å². The van der Waals surface area contributed by atoms with Gasteiger partial charge in [-0.15, -0.1) is 0 Å². The Labute approximate surface area is 171 Å². The second kappa shape index (κ2) is 10.1. The van der Waals surface area contributed by atoms with E-state index in [2.05, 4.69) is 10.0 Å². The molecule has 0 aliphatic rings. The van der Waals surface area contributed by atoms with E-state index in [9.17, 15) is 13.2 Å². The molecule has 0 aromatic heterocycles. The minimum Gasteiger partial charge on any atom is -0.497 e. The highest BCUT2D eigenvalue weighted by atomic mass is 32.2. The zero-order valence-corrected chi connectivity index (χ0v) is 17.7. The molecule has 8 nitrogen and oxygen atoms in total. The van der Waals surface area contributed by atoms with Gasteiger partial charge in [-0.1, -0.05) is 6.92 Å². The molecule has 9 heteroatoms. The van der Waals surface area contributed by atoms with Gasteiger partial charge in [-0.2, -0.15) is 0 Å². The van der Waals surface area contributed by atoms with Gasteiger partial charge >= 0.3 is 0 Å². The Hall–Kier alpha value is -2.78. The molecule has 0 radical (unpaired) electrons. The van der Waals surface area contributed by atoms with Crippen molar-refractivity contribution in [3.63, 3.8) is 0 Å². The Morgan fingerprint density at radius 3 is 2.28 bits per heavy atom. The molecule has 2 aromatic carbocycles. The van der Waals surface area contributed by atoms with E-state index in [-0.39, 0.29) is 17.5 Å². The number of hydrogen-bond donors (Lipinski definition) is 2. The lowest BCUT2D eigenvalue weighted by Crippen LogP contribution is -2.31. The lowest BCUT2D eigenvalue weighted by atomic mass is 10.2. The van der Waals surface area contributed by atoms with Crippen LogP contribution in [0.4, 0.5) is 5.69 Å².